The number of amides is 1. The highest BCUT2D eigenvalue weighted by Gasteiger charge is 2.18. The fraction of sp³-hybridized carbons (Fsp3) is 0.846. The molecule has 0 aliphatic heterocycles. The van der Waals surface area contributed by atoms with Crippen LogP contribution < -0.4 is 5.32 Å². The van der Waals surface area contributed by atoms with Gasteiger partial charge in [0.25, 0.3) is 0 Å². The van der Waals surface area contributed by atoms with Gasteiger partial charge < -0.3 is 10.4 Å². The molecule has 18 heavy (non-hydrogen) atoms. The quantitative estimate of drug-likeness (QED) is 0.643. The molecule has 0 aliphatic carbocycles. The Morgan fingerprint density at radius 3 is 2.39 bits per heavy atom. The second-order valence-electron chi connectivity index (χ2n) is 4.55. The topological polar surface area (TPSA) is 66.4 Å². The minimum Gasteiger partial charge on any atom is -0.480 e. The van der Waals surface area contributed by atoms with Gasteiger partial charge in [0.15, 0.2) is 0 Å². The van der Waals surface area contributed by atoms with Crippen molar-refractivity contribution in [3.63, 3.8) is 0 Å². The van der Waals surface area contributed by atoms with Gasteiger partial charge in [-0.2, -0.15) is 11.8 Å². The maximum absolute atomic E-state index is 10.9. The molecule has 0 aromatic heterocycles. The van der Waals surface area contributed by atoms with Crippen molar-refractivity contribution in [3.8, 4) is 0 Å². The molecular formula is C13H25NO3S. The molecule has 0 bridgehead atoms. The van der Waals surface area contributed by atoms with E-state index in [0.29, 0.717) is 11.7 Å². The Labute approximate surface area is 114 Å². The lowest BCUT2D eigenvalue weighted by Crippen LogP contribution is -2.41. The van der Waals surface area contributed by atoms with E-state index < -0.39 is 12.0 Å². The van der Waals surface area contributed by atoms with E-state index in [1.807, 2.05) is 0 Å². The van der Waals surface area contributed by atoms with Crippen LogP contribution in [0, 0.1) is 5.92 Å². The first-order chi connectivity index (χ1) is 8.51. The third-order valence-electron chi connectivity index (χ3n) is 2.86. The largest absolute Gasteiger partial charge is 0.480 e. The predicted molar refractivity (Wildman–Crippen MR) is 75.9 cm³/mol. The zero-order valence-electron chi connectivity index (χ0n) is 11.6. The Morgan fingerprint density at radius 1 is 1.28 bits per heavy atom. The number of hydrogen-bond acceptors (Lipinski definition) is 3. The maximum atomic E-state index is 10.9. The van der Waals surface area contributed by atoms with Gasteiger partial charge in [-0.3, -0.25) is 4.79 Å². The number of aliphatic carboxylic acids is 1. The third kappa shape index (κ3) is 8.39. The SMILES string of the molecule is CCCCC(CC)CSC[C@H](NC(C)=O)C(=O)O. The zero-order chi connectivity index (χ0) is 14.0. The molecule has 0 aromatic rings. The fourth-order valence-corrected chi connectivity index (χ4v) is 3.00. The molecule has 0 saturated heterocycles. The van der Waals surface area contributed by atoms with E-state index >= 15 is 0 Å². The average Bonchev–Trinajstić information content (AvgIpc) is 2.31. The van der Waals surface area contributed by atoms with Crippen LogP contribution in [0.2, 0.25) is 0 Å². The monoisotopic (exact) mass is 275 g/mol. The Balaban J connectivity index is 3.95. The van der Waals surface area contributed by atoms with Crippen LogP contribution in [0.1, 0.15) is 46.5 Å². The smallest absolute Gasteiger partial charge is 0.327 e. The standard InChI is InChI=1S/C13H25NO3S/c1-4-6-7-11(5-2)8-18-9-12(13(16)17)14-10(3)15/h11-12H,4-9H2,1-3H3,(H,14,15)(H,16,17)/t11?,12-/m0/s1. The summed E-state index contributed by atoms with van der Waals surface area (Å²) < 4.78 is 0. The number of carboxylic acid groups (broad SMARTS) is 1. The Morgan fingerprint density at radius 2 is 1.94 bits per heavy atom. The lowest BCUT2D eigenvalue weighted by Gasteiger charge is -2.16. The second kappa shape index (κ2) is 10.2. The van der Waals surface area contributed by atoms with Gasteiger partial charge in [0.1, 0.15) is 6.04 Å². The van der Waals surface area contributed by atoms with Gasteiger partial charge in [-0.1, -0.05) is 33.1 Å². The van der Waals surface area contributed by atoms with Gasteiger partial charge in [-0.25, -0.2) is 4.79 Å². The molecule has 106 valence electrons. The lowest BCUT2D eigenvalue weighted by atomic mass is 10.0. The van der Waals surface area contributed by atoms with Gasteiger partial charge in [-0.15, -0.1) is 0 Å². The minimum absolute atomic E-state index is 0.291. The highest BCUT2D eigenvalue weighted by molar-refractivity contribution is 7.99. The number of carboxylic acids is 1. The van der Waals surface area contributed by atoms with Gasteiger partial charge in [-0.05, 0) is 18.1 Å². The summed E-state index contributed by atoms with van der Waals surface area (Å²) in [7, 11) is 0. The van der Waals surface area contributed by atoms with Crippen LogP contribution in [0.25, 0.3) is 0 Å². The van der Waals surface area contributed by atoms with Crippen molar-refractivity contribution in [2.75, 3.05) is 11.5 Å². The molecule has 0 rings (SSSR count). The van der Waals surface area contributed by atoms with Gasteiger partial charge >= 0.3 is 5.97 Å². The number of hydrogen-bond donors (Lipinski definition) is 2. The maximum Gasteiger partial charge on any atom is 0.327 e. The molecular weight excluding hydrogens is 250 g/mol. The van der Waals surface area contributed by atoms with Crippen LogP contribution in [0.5, 0.6) is 0 Å². The fourth-order valence-electron chi connectivity index (χ4n) is 1.67. The molecule has 1 amide bonds. The van der Waals surface area contributed by atoms with Crippen molar-refractivity contribution in [3.05, 3.63) is 0 Å². The van der Waals surface area contributed by atoms with Crippen molar-refractivity contribution in [2.45, 2.75) is 52.5 Å². The van der Waals surface area contributed by atoms with E-state index in [0.717, 1.165) is 12.2 Å². The van der Waals surface area contributed by atoms with E-state index in [1.54, 1.807) is 11.8 Å². The number of thioether (sulfide) groups is 1. The van der Waals surface area contributed by atoms with Gasteiger partial charge in [0.2, 0.25) is 5.91 Å². The molecule has 0 spiro atoms. The molecule has 0 aromatic carbocycles. The van der Waals surface area contributed by atoms with Crippen molar-refractivity contribution in [1.29, 1.82) is 0 Å². The summed E-state index contributed by atoms with van der Waals surface area (Å²) in [4.78, 5) is 21.8. The van der Waals surface area contributed by atoms with E-state index in [9.17, 15) is 9.59 Å². The molecule has 0 radical (unpaired) electrons. The number of rotatable bonds is 10. The van der Waals surface area contributed by atoms with E-state index in [4.69, 9.17) is 5.11 Å². The summed E-state index contributed by atoms with van der Waals surface area (Å²) in [6.07, 6.45) is 4.76. The van der Waals surface area contributed by atoms with Crippen LogP contribution in [0.4, 0.5) is 0 Å². The van der Waals surface area contributed by atoms with Gasteiger partial charge in [0, 0.05) is 12.7 Å². The molecule has 0 saturated carbocycles. The number of nitrogens with one attached hydrogen (secondary N) is 1. The van der Waals surface area contributed by atoms with Crippen LogP contribution in [-0.2, 0) is 9.59 Å². The number of unbranched alkanes of at least 4 members (excludes halogenated alkanes) is 1. The molecule has 2 N–H and O–H groups in total. The lowest BCUT2D eigenvalue weighted by molar-refractivity contribution is -0.140. The predicted octanol–water partition coefficient (Wildman–Crippen LogP) is 2.53. The summed E-state index contributed by atoms with van der Waals surface area (Å²) in [6, 6.07) is -0.767. The first-order valence-corrected chi connectivity index (χ1v) is 7.74. The Hall–Kier alpha value is -0.710. The van der Waals surface area contributed by atoms with E-state index in [2.05, 4.69) is 19.2 Å². The second-order valence-corrected chi connectivity index (χ2v) is 5.62. The molecule has 4 nitrogen and oxygen atoms in total. The van der Waals surface area contributed by atoms with Crippen LogP contribution in [0.3, 0.4) is 0 Å². The molecule has 0 aliphatic rings. The summed E-state index contributed by atoms with van der Waals surface area (Å²) >= 11 is 1.62. The van der Waals surface area contributed by atoms with Crippen LogP contribution in [0.15, 0.2) is 0 Å². The van der Waals surface area contributed by atoms with Crippen molar-refractivity contribution >= 4 is 23.6 Å². The minimum atomic E-state index is -0.959. The molecule has 2 atom stereocenters. The normalized spacial score (nSPS) is 13.9. The highest BCUT2D eigenvalue weighted by atomic mass is 32.2. The third-order valence-corrected chi connectivity index (χ3v) is 4.13. The van der Waals surface area contributed by atoms with E-state index in [-0.39, 0.29) is 5.91 Å². The highest BCUT2D eigenvalue weighted by Crippen LogP contribution is 2.19. The van der Waals surface area contributed by atoms with Crippen molar-refractivity contribution in [1.82, 2.24) is 5.32 Å². The number of carbonyl (C=O) groups excluding carboxylic acids is 1. The van der Waals surface area contributed by atoms with E-state index in [1.165, 1.54) is 26.2 Å². The first-order valence-electron chi connectivity index (χ1n) is 6.58. The average molecular weight is 275 g/mol. The zero-order valence-corrected chi connectivity index (χ0v) is 12.4. The van der Waals surface area contributed by atoms with Crippen LogP contribution >= 0.6 is 11.8 Å². The van der Waals surface area contributed by atoms with Crippen molar-refractivity contribution in [2.24, 2.45) is 5.92 Å². The summed E-state index contributed by atoms with van der Waals surface area (Å²) in [6.45, 7) is 5.69. The van der Waals surface area contributed by atoms with Crippen molar-refractivity contribution < 1.29 is 14.7 Å². The first kappa shape index (κ1) is 17.3. The summed E-state index contributed by atoms with van der Waals surface area (Å²) in [5.74, 6) is 0.819. The molecule has 0 heterocycles. The molecule has 5 heteroatoms. The number of carbonyl (C=O) groups is 2. The Bertz CT molecular complexity index is 259. The van der Waals surface area contributed by atoms with Crippen LogP contribution in [-0.4, -0.2) is 34.5 Å². The molecule has 0 fully saturated rings. The van der Waals surface area contributed by atoms with Gasteiger partial charge in [0.05, 0.1) is 0 Å². The Kier molecular flexibility index (Phi) is 9.83. The summed E-state index contributed by atoms with van der Waals surface area (Å²) in [5, 5.41) is 11.4. The molecule has 1 unspecified atom stereocenters. The summed E-state index contributed by atoms with van der Waals surface area (Å²) in [5.41, 5.74) is 0.